The Bertz CT molecular complexity index is 720. The largest absolute Gasteiger partial charge is 0.336 e. The summed E-state index contributed by atoms with van der Waals surface area (Å²) in [6.07, 6.45) is 1.65. The zero-order valence-electron chi connectivity index (χ0n) is 13.6. The van der Waals surface area contributed by atoms with Crippen LogP contribution in [0.5, 0.6) is 0 Å². The van der Waals surface area contributed by atoms with Gasteiger partial charge in [-0.1, -0.05) is 13.0 Å². The molecular weight excluding hydrogens is 308 g/mol. The maximum Gasteiger partial charge on any atom is 0.332 e. The van der Waals surface area contributed by atoms with E-state index in [0.717, 1.165) is 12.8 Å². The van der Waals surface area contributed by atoms with E-state index in [9.17, 15) is 14.4 Å². The highest BCUT2D eigenvalue weighted by molar-refractivity contribution is 6.21. The monoisotopic (exact) mass is 328 g/mol. The first-order valence-corrected chi connectivity index (χ1v) is 8.36. The minimum Gasteiger partial charge on any atom is -0.336 e. The van der Waals surface area contributed by atoms with Crippen LogP contribution in [-0.4, -0.2) is 48.5 Å². The van der Waals surface area contributed by atoms with Crippen molar-refractivity contribution in [2.75, 3.05) is 29.4 Å². The minimum atomic E-state index is -0.347. The van der Waals surface area contributed by atoms with E-state index in [4.69, 9.17) is 0 Å². The maximum atomic E-state index is 12.8. The Morgan fingerprint density at radius 3 is 2.67 bits per heavy atom. The average Bonchev–Trinajstić information content (AvgIpc) is 3.10. The summed E-state index contributed by atoms with van der Waals surface area (Å²) in [7, 11) is 0. The molecule has 3 heterocycles. The Morgan fingerprint density at radius 1 is 1.12 bits per heavy atom. The predicted molar refractivity (Wildman–Crippen MR) is 89.0 cm³/mol. The summed E-state index contributed by atoms with van der Waals surface area (Å²) in [6.45, 7) is 3.92. The van der Waals surface area contributed by atoms with Gasteiger partial charge < -0.3 is 10.2 Å². The summed E-state index contributed by atoms with van der Waals surface area (Å²) >= 11 is 0. The highest BCUT2D eigenvalue weighted by atomic mass is 16.2. The lowest BCUT2D eigenvalue weighted by atomic mass is 9.93. The molecule has 3 saturated heterocycles. The summed E-state index contributed by atoms with van der Waals surface area (Å²) in [5, 5.41) is 2.75. The molecule has 1 N–H and O–H groups in total. The molecule has 0 saturated carbocycles. The van der Waals surface area contributed by atoms with Crippen molar-refractivity contribution < 1.29 is 14.4 Å². The quantitative estimate of drug-likeness (QED) is 0.841. The van der Waals surface area contributed by atoms with Crippen LogP contribution < -0.4 is 15.1 Å². The van der Waals surface area contributed by atoms with E-state index in [0.29, 0.717) is 36.9 Å². The number of benzene rings is 1. The van der Waals surface area contributed by atoms with E-state index in [-0.39, 0.29) is 24.0 Å². The summed E-state index contributed by atoms with van der Waals surface area (Å²) < 4.78 is 0. The molecule has 126 valence electrons. The maximum absolute atomic E-state index is 12.8. The molecule has 7 heteroatoms. The average molecular weight is 328 g/mol. The van der Waals surface area contributed by atoms with Crippen molar-refractivity contribution in [3.8, 4) is 0 Å². The van der Waals surface area contributed by atoms with Gasteiger partial charge in [-0.2, -0.15) is 0 Å². The predicted octanol–water partition coefficient (Wildman–Crippen LogP) is 1.78. The molecule has 2 unspecified atom stereocenters. The first kappa shape index (κ1) is 15.0. The van der Waals surface area contributed by atoms with Crippen molar-refractivity contribution in [2.24, 2.45) is 5.92 Å². The Balaban J connectivity index is 1.65. The zero-order valence-corrected chi connectivity index (χ0v) is 13.6. The van der Waals surface area contributed by atoms with Crippen LogP contribution in [0.15, 0.2) is 24.3 Å². The van der Waals surface area contributed by atoms with E-state index < -0.39 is 0 Å². The highest BCUT2D eigenvalue weighted by Gasteiger charge is 2.47. The van der Waals surface area contributed by atoms with E-state index in [2.05, 4.69) is 12.2 Å². The van der Waals surface area contributed by atoms with E-state index >= 15 is 0 Å². The normalized spacial score (nSPS) is 26.9. The second kappa shape index (κ2) is 5.51. The van der Waals surface area contributed by atoms with Gasteiger partial charge in [0.2, 0.25) is 0 Å². The smallest absolute Gasteiger partial charge is 0.332 e. The molecule has 0 bridgehead atoms. The summed E-state index contributed by atoms with van der Waals surface area (Å²) in [4.78, 5) is 41.8. The lowest BCUT2D eigenvalue weighted by Crippen LogP contribution is -2.41. The molecule has 3 fully saturated rings. The zero-order chi connectivity index (χ0) is 16.8. The molecule has 0 spiro atoms. The van der Waals surface area contributed by atoms with Crippen LogP contribution >= 0.6 is 0 Å². The van der Waals surface area contributed by atoms with Crippen molar-refractivity contribution >= 4 is 29.3 Å². The Hall–Kier alpha value is -2.57. The third kappa shape index (κ3) is 2.23. The molecular formula is C17H20N4O3. The first-order chi connectivity index (χ1) is 11.6. The minimum absolute atomic E-state index is 0.155. The van der Waals surface area contributed by atoms with Crippen molar-refractivity contribution in [1.82, 2.24) is 10.2 Å². The third-order valence-corrected chi connectivity index (χ3v) is 5.06. The molecule has 3 aliphatic heterocycles. The number of fused-ring (bicyclic) bond motifs is 1. The van der Waals surface area contributed by atoms with Gasteiger partial charge in [0.15, 0.2) is 0 Å². The van der Waals surface area contributed by atoms with Gasteiger partial charge in [0.25, 0.3) is 5.91 Å². The van der Waals surface area contributed by atoms with Crippen molar-refractivity contribution in [1.29, 1.82) is 0 Å². The molecule has 0 aliphatic carbocycles. The molecule has 0 aromatic heterocycles. The Labute approximate surface area is 140 Å². The number of amides is 5. The van der Waals surface area contributed by atoms with E-state index in [1.165, 1.54) is 4.90 Å². The molecule has 1 aromatic carbocycles. The molecule has 24 heavy (non-hydrogen) atoms. The number of urea groups is 2. The number of hydrogen-bond donors (Lipinski definition) is 1. The number of nitrogens with one attached hydrogen (secondary N) is 1. The van der Waals surface area contributed by atoms with Crippen LogP contribution in [0.4, 0.5) is 21.0 Å². The summed E-state index contributed by atoms with van der Waals surface area (Å²) in [5.41, 5.74) is 1.23. The SMILES string of the molecule is CC1CCN2C(=O)N(c3cccc(N4CCNC4=O)c3)C(=O)C2C1. The molecule has 2 atom stereocenters. The molecule has 4 rings (SSSR count). The number of anilines is 2. The van der Waals surface area contributed by atoms with Crippen LogP contribution in [0, 0.1) is 5.92 Å². The van der Waals surface area contributed by atoms with Crippen molar-refractivity contribution in [3.63, 3.8) is 0 Å². The van der Waals surface area contributed by atoms with Crippen LogP contribution in [0.3, 0.4) is 0 Å². The summed E-state index contributed by atoms with van der Waals surface area (Å²) in [6, 6.07) is 6.32. The highest BCUT2D eigenvalue weighted by Crippen LogP contribution is 2.34. The lowest BCUT2D eigenvalue weighted by molar-refractivity contribution is -0.120. The van der Waals surface area contributed by atoms with E-state index in [1.807, 2.05) is 6.07 Å². The fraction of sp³-hybridized carbons (Fsp3) is 0.471. The topological polar surface area (TPSA) is 73.0 Å². The Kier molecular flexibility index (Phi) is 3.44. The summed E-state index contributed by atoms with van der Waals surface area (Å²) in [5.74, 6) is 0.289. The van der Waals surface area contributed by atoms with Crippen molar-refractivity contribution in [3.05, 3.63) is 24.3 Å². The van der Waals surface area contributed by atoms with Crippen LogP contribution in [-0.2, 0) is 4.79 Å². The Morgan fingerprint density at radius 2 is 1.92 bits per heavy atom. The lowest BCUT2D eigenvalue weighted by Gasteiger charge is -2.30. The second-order valence-corrected chi connectivity index (χ2v) is 6.70. The van der Waals surface area contributed by atoms with Gasteiger partial charge in [-0.05, 0) is 37.0 Å². The van der Waals surface area contributed by atoms with Crippen LogP contribution in [0.1, 0.15) is 19.8 Å². The number of carbonyl (C=O) groups is 3. The number of piperidine rings is 1. The first-order valence-electron chi connectivity index (χ1n) is 8.36. The van der Waals surface area contributed by atoms with Gasteiger partial charge in [-0.25, -0.2) is 14.5 Å². The molecule has 3 aliphatic rings. The molecule has 7 nitrogen and oxygen atoms in total. The number of rotatable bonds is 2. The molecule has 1 aromatic rings. The van der Waals surface area contributed by atoms with Crippen LogP contribution in [0.2, 0.25) is 0 Å². The number of imide groups is 1. The number of nitrogens with zero attached hydrogens (tertiary/aromatic N) is 3. The van der Waals surface area contributed by atoms with Crippen molar-refractivity contribution in [2.45, 2.75) is 25.8 Å². The van der Waals surface area contributed by atoms with Gasteiger partial charge in [0.1, 0.15) is 6.04 Å². The fourth-order valence-electron chi connectivity index (χ4n) is 3.73. The van der Waals surface area contributed by atoms with E-state index in [1.54, 1.807) is 28.0 Å². The number of carbonyl (C=O) groups excluding carboxylic acids is 3. The fourth-order valence-corrected chi connectivity index (χ4v) is 3.73. The second-order valence-electron chi connectivity index (χ2n) is 6.70. The standard InChI is InChI=1S/C17H20N4O3/c1-11-5-7-20-14(9-11)15(22)21(17(20)24)13-4-2-3-12(10-13)19-8-6-18-16(19)23/h2-4,10-11,14H,5-9H2,1H3,(H,18,23). The van der Waals surface area contributed by atoms with Gasteiger partial charge in [0, 0.05) is 25.3 Å². The molecule has 5 amide bonds. The molecule has 0 radical (unpaired) electrons. The third-order valence-electron chi connectivity index (χ3n) is 5.06. The van der Waals surface area contributed by atoms with Gasteiger partial charge >= 0.3 is 12.1 Å². The van der Waals surface area contributed by atoms with Gasteiger partial charge in [0.05, 0.1) is 5.69 Å². The number of hydrogen-bond acceptors (Lipinski definition) is 3. The van der Waals surface area contributed by atoms with Crippen LogP contribution in [0.25, 0.3) is 0 Å². The van der Waals surface area contributed by atoms with Gasteiger partial charge in [-0.3, -0.25) is 9.69 Å². The van der Waals surface area contributed by atoms with Gasteiger partial charge in [-0.15, -0.1) is 0 Å².